The molecule has 1 aliphatic carbocycles. The molecule has 0 aromatic heterocycles. The highest BCUT2D eigenvalue weighted by Crippen LogP contribution is 2.50. The molecule has 0 bridgehead atoms. The fourth-order valence-electron chi connectivity index (χ4n) is 4.96. The van der Waals surface area contributed by atoms with Gasteiger partial charge in [-0.15, -0.1) is 0 Å². The van der Waals surface area contributed by atoms with Crippen molar-refractivity contribution >= 4 is 17.7 Å². The highest BCUT2D eigenvalue weighted by molar-refractivity contribution is 6.16. The number of aliphatic hydroxyl groups excluding tert-OH is 2. The van der Waals surface area contributed by atoms with Gasteiger partial charge in [0.15, 0.2) is 12.2 Å². The first-order chi connectivity index (χ1) is 17.8. The Balaban J connectivity index is 1.95. The Hall–Kier alpha value is -3.77. The van der Waals surface area contributed by atoms with Crippen molar-refractivity contribution in [1.82, 2.24) is 0 Å². The van der Waals surface area contributed by atoms with Crippen LogP contribution in [-0.4, -0.2) is 74.0 Å². The van der Waals surface area contributed by atoms with Gasteiger partial charge in [0.05, 0.1) is 11.1 Å². The van der Waals surface area contributed by atoms with Gasteiger partial charge in [0.2, 0.25) is 12.1 Å². The molecule has 0 amide bonds. The number of phenolic OH excluding ortho intramolecular Hbond substituents is 2. The number of aryl methyl sites for hydroxylation is 1. The third-order valence-electron chi connectivity index (χ3n) is 6.48. The third-order valence-corrected chi connectivity index (χ3v) is 6.48. The van der Waals surface area contributed by atoms with Crippen LogP contribution in [0.5, 0.6) is 11.5 Å². The van der Waals surface area contributed by atoms with Crippen LogP contribution < -0.4 is 0 Å². The van der Waals surface area contributed by atoms with Gasteiger partial charge in [-0.2, -0.15) is 0 Å². The van der Waals surface area contributed by atoms with Crippen molar-refractivity contribution in [2.45, 2.75) is 64.0 Å². The molecule has 38 heavy (non-hydrogen) atoms. The maximum absolute atomic E-state index is 13.4. The summed E-state index contributed by atoms with van der Waals surface area (Å²) in [5.41, 5.74) is -2.54. The number of aliphatic hydroxyl groups is 3. The van der Waals surface area contributed by atoms with Crippen LogP contribution in [0.4, 0.5) is 0 Å². The number of aromatic hydroxyl groups is 2. The van der Waals surface area contributed by atoms with Gasteiger partial charge in [0, 0.05) is 24.1 Å². The normalized spacial score (nSPS) is 28.1. The number of fused-ring (bicyclic) bond motifs is 2. The Kier molecular flexibility index (Phi) is 7.06. The maximum atomic E-state index is 13.4. The summed E-state index contributed by atoms with van der Waals surface area (Å²) in [5.74, 6) is -3.59. The van der Waals surface area contributed by atoms with Crippen molar-refractivity contribution in [1.29, 1.82) is 0 Å². The predicted molar refractivity (Wildman–Crippen MR) is 129 cm³/mol. The quantitative estimate of drug-likeness (QED) is 0.283. The van der Waals surface area contributed by atoms with Gasteiger partial charge in [-0.1, -0.05) is 23.8 Å². The molecule has 0 unspecified atom stereocenters. The molecule has 4 rings (SSSR count). The van der Waals surface area contributed by atoms with Crippen molar-refractivity contribution in [3.05, 3.63) is 69.8 Å². The summed E-state index contributed by atoms with van der Waals surface area (Å²) in [6, 6.07) is 6.57. The fourth-order valence-corrected chi connectivity index (χ4v) is 4.96. The first kappa shape index (κ1) is 27.3. The largest absolute Gasteiger partial charge is 0.507 e. The molecule has 2 aromatic rings. The predicted octanol–water partition coefficient (Wildman–Crippen LogP) is 1.07. The van der Waals surface area contributed by atoms with E-state index in [4.69, 9.17) is 14.2 Å². The molecule has 2 aromatic carbocycles. The SMILES string of the molecule is CC(=O)O[C@H]1O[C@H]([C@@]2(O)c3cccc(O)c3C(=O)c3c(O)cc(C)cc32)[C@H](O)[C@@H](OC(=O)C=C(C)C)[C@H]1O. The van der Waals surface area contributed by atoms with Crippen molar-refractivity contribution in [3.8, 4) is 11.5 Å². The summed E-state index contributed by atoms with van der Waals surface area (Å²) < 4.78 is 16.1. The third kappa shape index (κ3) is 4.43. The molecule has 5 N–H and O–H groups in total. The number of carbonyl (C=O) groups excluding carboxylic acids is 3. The Morgan fingerprint density at radius 3 is 2.26 bits per heavy atom. The van der Waals surface area contributed by atoms with E-state index in [2.05, 4.69) is 0 Å². The van der Waals surface area contributed by atoms with Crippen LogP contribution in [0.15, 0.2) is 42.0 Å². The molecular weight excluding hydrogens is 500 g/mol. The average Bonchev–Trinajstić information content (AvgIpc) is 2.80. The number of hydrogen-bond donors (Lipinski definition) is 5. The Morgan fingerprint density at radius 2 is 1.63 bits per heavy atom. The molecule has 202 valence electrons. The van der Waals surface area contributed by atoms with Crippen LogP contribution in [0.1, 0.15) is 53.4 Å². The number of esters is 2. The van der Waals surface area contributed by atoms with E-state index in [0.29, 0.717) is 11.1 Å². The molecule has 1 saturated heterocycles. The van der Waals surface area contributed by atoms with Gasteiger partial charge in [0.25, 0.3) is 0 Å². The lowest BCUT2D eigenvalue weighted by molar-refractivity contribution is -0.314. The summed E-state index contributed by atoms with van der Waals surface area (Å²) >= 11 is 0. The number of ether oxygens (including phenoxy) is 3. The van der Waals surface area contributed by atoms with Crippen LogP contribution >= 0.6 is 0 Å². The highest BCUT2D eigenvalue weighted by Gasteiger charge is 2.60. The number of allylic oxidation sites excluding steroid dienone is 1. The molecule has 1 fully saturated rings. The molecular formula is C27H28O11. The smallest absolute Gasteiger partial charge is 0.331 e. The number of carbonyl (C=O) groups is 3. The molecule has 11 nitrogen and oxygen atoms in total. The molecule has 2 aliphatic rings. The lowest BCUT2D eigenvalue weighted by atomic mass is 9.68. The van der Waals surface area contributed by atoms with Gasteiger partial charge < -0.3 is 39.7 Å². The second-order valence-corrected chi connectivity index (χ2v) is 9.64. The van der Waals surface area contributed by atoms with Gasteiger partial charge in [-0.3, -0.25) is 9.59 Å². The van der Waals surface area contributed by atoms with E-state index in [-0.39, 0.29) is 22.3 Å². The second-order valence-electron chi connectivity index (χ2n) is 9.64. The topological polar surface area (TPSA) is 180 Å². The monoisotopic (exact) mass is 528 g/mol. The van der Waals surface area contributed by atoms with Gasteiger partial charge in [-0.25, -0.2) is 4.79 Å². The summed E-state index contributed by atoms with van der Waals surface area (Å²) in [4.78, 5) is 37.6. The Bertz CT molecular complexity index is 1340. The van der Waals surface area contributed by atoms with E-state index in [1.807, 2.05) is 0 Å². The first-order valence-electron chi connectivity index (χ1n) is 11.7. The molecule has 0 saturated carbocycles. The zero-order chi connectivity index (χ0) is 28.1. The minimum Gasteiger partial charge on any atom is -0.507 e. The minimum atomic E-state index is -2.47. The van der Waals surface area contributed by atoms with E-state index in [1.165, 1.54) is 30.3 Å². The summed E-state index contributed by atoms with van der Waals surface area (Å²) in [6.45, 7) is 5.88. The number of hydrogen-bond acceptors (Lipinski definition) is 11. The van der Waals surface area contributed by atoms with Crippen LogP contribution in [0.25, 0.3) is 0 Å². The molecule has 0 radical (unpaired) electrons. The number of rotatable bonds is 4. The summed E-state index contributed by atoms with van der Waals surface area (Å²) in [6.07, 6.45) is -8.10. The van der Waals surface area contributed by atoms with Crippen LogP contribution in [0, 0.1) is 6.92 Å². The zero-order valence-electron chi connectivity index (χ0n) is 21.0. The fraction of sp³-hybridized carbons (Fsp3) is 0.370. The van der Waals surface area contributed by atoms with Crippen molar-refractivity contribution in [2.75, 3.05) is 0 Å². The van der Waals surface area contributed by atoms with Crippen LogP contribution in [0.2, 0.25) is 0 Å². The van der Waals surface area contributed by atoms with E-state index in [1.54, 1.807) is 20.8 Å². The molecule has 1 aliphatic heterocycles. The number of phenols is 2. The number of ketones is 1. The van der Waals surface area contributed by atoms with E-state index < -0.39 is 65.5 Å². The zero-order valence-corrected chi connectivity index (χ0v) is 21.0. The van der Waals surface area contributed by atoms with Crippen molar-refractivity contribution in [2.24, 2.45) is 0 Å². The van der Waals surface area contributed by atoms with E-state index in [9.17, 15) is 39.9 Å². The molecule has 11 heteroatoms. The minimum absolute atomic E-state index is 0.172. The molecule has 0 spiro atoms. The lowest BCUT2D eigenvalue weighted by Gasteiger charge is -2.49. The standard InChI is InChI=1S/C27H28O11/c1-11(2)8-18(31)37-24-22(33)25(38-26(23(24)34)36-13(4)28)27(35)14-6-5-7-16(29)19(14)21(32)20-15(27)9-12(3)10-17(20)30/h5-10,22-26,29-30,33-35H,1-4H3/t22-,23-,24-,25+,26+,27-/m1/s1. The number of benzene rings is 2. The highest BCUT2D eigenvalue weighted by atomic mass is 16.7. The summed E-state index contributed by atoms with van der Waals surface area (Å²) in [7, 11) is 0. The van der Waals surface area contributed by atoms with Crippen LogP contribution in [0.3, 0.4) is 0 Å². The summed E-state index contributed by atoms with van der Waals surface area (Å²) in [5, 5.41) is 55.8. The van der Waals surface area contributed by atoms with E-state index >= 15 is 0 Å². The second kappa shape index (κ2) is 9.84. The first-order valence-corrected chi connectivity index (χ1v) is 11.7. The van der Waals surface area contributed by atoms with Crippen molar-refractivity contribution in [3.63, 3.8) is 0 Å². The Labute approximate surface area is 217 Å². The lowest BCUT2D eigenvalue weighted by Crippen LogP contribution is -2.66. The molecule has 1 heterocycles. The van der Waals surface area contributed by atoms with Gasteiger partial charge in [0.1, 0.15) is 29.3 Å². The van der Waals surface area contributed by atoms with Crippen LogP contribution in [-0.2, 0) is 29.4 Å². The molecule has 6 atom stereocenters. The van der Waals surface area contributed by atoms with Gasteiger partial charge in [-0.05, 0) is 38.5 Å². The van der Waals surface area contributed by atoms with E-state index in [0.717, 1.165) is 13.0 Å². The van der Waals surface area contributed by atoms with Crippen molar-refractivity contribution < 1.29 is 54.1 Å². The Morgan fingerprint density at radius 1 is 0.974 bits per heavy atom. The van der Waals surface area contributed by atoms with Gasteiger partial charge >= 0.3 is 11.9 Å². The average molecular weight is 529 g/mol. The maximum Gasteiger partial charge on any atom is 0.331 e.